The first kappa shape index (κ1) is 30.5. The van der Waals surface area contributed by atoms with Crippen LogP contribution >= 0.6 is 11.3 Å². The van der Waals surface area contributed by atoms with E-state index in [0.717, 1.165) is 39.1 Å². The summed E-state index contributed by atoms with van der Waals surface area (Å²) >= 11 is 1.59. The van der Waals surface area contributed by atoms with Crippen LogP contribution in [0.2, 0.25) is 0 Å². The zero-order chi connectivity index (χ0) is 32.0. The number of aryl methyl sites for hydroxylation is 2. The average molecular weight is 625 g/mol. The molecule has 0 atom stereocenters. The van der Waals surface area contributed by atoms with Crippen molar-refractivity contribution in [2.45, 2.75) is 40.7 Å². The lowest BCUT2D eigenvalue weighted by molar-refractivity contribution is 0.0230. The van der Waals surface area contributed by atoms with Crippen LogP contribution in [0.3, 0.4) is 0 Å². The van der Waals surface area contributed by atoms with Crippen molar-refractivity contribution in [1.82, 2.24) is 9.88 Å². The molecule has 0 unspecified atom stereocenters. The molecule has 4 heterocycles. The molecule has 9 nitrogen and oxygen atoms in total. The molecule has 0 saturated carbocycles. The monoisotopic (exact) mass is 624 g/mol. The van der Waals surface area contributed by atoms with Gasteiger partial charge < -0.3 is 25.4 Å². The number of carbonyl (C=O) groups excluding carboxylic acids is 3. The predicted octanol–water partition coefficient (Wildman–Crippen LogP) is 6.01. The number of thiophene rings is 1. The number of nitrogens with two attached hydrogens (primary N) is 1. The summed E-state index contributed by atoms with van der Waals surface area (Å²) in [4.78, 5) is 47.9. The van der Waals surface area contributed by atoms with Crippen LogP contribution in [-0.4, -0.2) is 54.5 Å². The first-order chi connectivity index (χ1) is 21.5. The highest BCUT2D eigenvalue weighted by Crippen LogP contribution is 2.43. The molecule has 0 aliphatic carbocycles. The third-order valence-corrected chi connectivity index (χ3v) is 9.35. The van der Waals surface area contributed by atoms with Gasteiger partial charge in [-0.1, -0.05) is 26.0 Å². The topological polar surface area (TPSA) is 124 Å². The number of hydrogen-bond donors (Lipinski definition) is 2. The Kier molecular flexibility index (Phi) is 7.96. The van der Waals surface area contributed by atoms with Gasteiger partial charge in [0, 0.05) is 58.9 Å². The van der Waals surface area contributed by atoms with Gasteiger partial charge in [0.1, 0.15) is 11.4 Å². The maximum Gasteiger partial charge on any atom is 0.357 e. The zero-order valence-electron chi connectivity index (χ0n) is 26.1. The first-order valence-electron chi connectivity index (χ1n) is 14.9. The quantitative estimate of drug-likeness (QED) is 0.252. The molecule has 1 saturated heterocycles. The fourth-order valence-corrected chi connectivity index (χ4v) is 7.19. The van der Waals surface area contributed by atoms with Crippen LogP contribution in [0.15, 0.2) is 47.8 Å². The first-order valence-corrected chi connectivity index (χ1v) is 15.8. The van der Waals surface area contributed by atoms with Crippen molar-refractivity contribution in [3.05, 3.63) is 87.0 Å². The summed E-state index contributed by atoms with van der Waals surface area (Å²) in [7, 11) is 1.27. The molecular formula is C35H36N4O5S. The molecule has 45 heavy (non-hydrogen) atoms. The van der Waals surface area contributed by atoms with Crippen molar-refractivity contribution in [3.8, 4) is 27.3 Å². The van der Waals surface area contributed by atoms with Crippen molar-refractivity contribution >= 4 is 34.8 Å². The predicted molar refractivity (Wildman–Crippen MR) is 175 cm³/mol. The number of ether oxygens (including phenoxy) is 2. The number of anilines is 1. The standard InChI is InChI=1S/C35H36N4O5S/c1-19-12-21(16-36)13-20(2)29(19)38-32(40)25-14-26-28(44-10-8-22-9-11-45-31(22)26)15-24(25)23-6-7-27(37-30(23)34(42)43-5)33(41)39-17-35(3,4)18-39/h6-7,9,11-15H,8,10,16-18,36H2,1-5H3,(H,38,40). The van der Waals surface area contributed by atoms with Crippen LogP contribution < -0.4 is 15.8 Å². The Morgan fingerprint density at radius 3 is 2.44 bits per heavy atom. The second-order valence-electron chi connectivity index (χ2n) is 12.4. The summed E-state index contributed by atoms with van der Waals surface area (Å²) in [5, 5.41) is 5.15. The maximum absolute atomic E-state index is 14.2. The van der Waals surface area contributed by atoms with Crippen molar-refractivity contribution in [3.63, 3.8) is 0 Å². The average Bonchev–Trinajstić information content (AvgIpc) is 3.41. The molecule has 232 valence electrons. The van der Waals surface area contributed by atoms with E-state index < -0.39 is 5.97 Å². The summed E-state index contributed by atoms with van der Waals surface area (Å²) in [6.45, 7) is 10.1. The lowest BCUT2D eigenvalue weighted by Gasteiger charge is -2.45. The van der Waals surface area contributed by atoms with Gasteiger partial charge in [-0.05, 0) is 77.2 Å². The number of rotatable bonds is 6. The molecule has 10 heteroatoms. The van der Waals surface area contributed by atoms with Gasteiger partial charge in [-0.25, -0.2) is 9.78 Å². The molecule has 2 amide bonds. The van der Waals surface area contributed by atoms with Gasteiger partial charge in [-0.3, -0.25) is 9.59 Å². The Labute approximate surface area is 266 Å². The number of aromatic nitrogens is 1. The van der Waals surface area contributed by atoms with E-state index in [1.807, 2.05) is 37.4 Å². The number of methoxy groups -OCH3 is 1. The van der Waals surface area contributed by atoms with E-state index in [2.05, 4.69) is 30.2 Å². The Hall–Kier alpha value is -4.54. The molecule has 3 N–H and O–H groups in total. The summed E-state index contributed by atoms with van der Waals surface area (Å²) in [6.07, 6.45) is 0.731. The van der Waals surface area contributed by atoms with Crippen LogP contribution in [0.5, 0.6) is 5.75 Å². The summed E-state index contributed by atoms with van der Waals surface area (Å²) in [6, 6.07) is 12.9. The van der Waals surface area contributed by atoms with Gasteiger partial charge in [0.2, 0.25) is 0 Å². The Morgan fingerprint density at radius 2 is 1.78 bits per heavy atom. The van der Waals surface area contributed by atoms with Gasteiger partial charge in [-0.2, -0.15) is 0 Å². The number of esters is 1. The van der Waals surface area contributed by atoms with Gasteiger partial charge in [-0.15, -0.1) is 11.3 Å². The van der Waals surface area contributed by atoms with Crippen LogP contribution in [0.4, 0.5) is 5.69 Å². The third kappa shape index (κ3) is 5.71. The van der Waals surface area contributed by atoms with Gasteiger partial charge in [0.25, 0.3) is 11.8 Å². The summed E-state index contributed by atoms with van der Waals surface area (Å²) in [5.41, 5.74) is 12.5. The number of carbonyl (C=O) groups is 3. The van der Waals surface area contributed by atoms with Crippen molar-refractivity contribution in [1.29, 1.82) is 0 Å². The minimum Gasteiger partial charge on any atom is -0.493 e. The minimum absolute atomic E-state index is 0.0364. The number of hydrogen-bond acceptors (Lipinski definition) is 8. The SMILES string of the molecule is COC(=O)c1nc(C(=O)N2CC(C)(C)C2)ccc1-c1cc2c(cc1C(=O)Nc1c(C)cc(CN)cc1C)-c1sccc1CCO2. The maximum atomic E-state index is 14.2. The van der Waals surface area contributed by atoms with E-state index in [-0.39, 0.29) is 28.6 Å². The van der Waals surface area contributed by atoms with Crippen LogP contribution in [0, 0.1) is 19.3 Å². The number of amides is 2. The molecule has 2 aromatic carbocycles. The highest BCUT2D eigenvalue weighted by molar-refractivity contribution is 7.13. The largest absolute Gasteiger partial charge is 0.493 e. The fraction of sp³-hybridized carbons (Fsp3) is 0.314. The summed E-state index contributed by atoms with van der Waals surface area (Å²) < 4.78 is 11.3. The molecule has 0 bridgehead atoms. The van der Waals surface area contributed by atoms with Crippen molar-refractivity contribution in [2.75, 3.05) is 32.1 Å². The molecule has 4 aromatic rings. The highest BCUT2D eigenvalue weighted by atomic mass is 32.1. The van der Waals surface area contributed by atoms with E-state index in [0.29, 0.717) is 54.4 Å². The number of nitrogens with one attached hydrogen (secondary N) is 1. The van der Waals surface area contributed by atoms with E-state index in [1.165, 1.54) is 7.11 Å². The highest BCUT2D eigenvalue weighted by Gasteiger charge is 2.38. The molecule has 1 fully saturated rings. The number of benzene rings is 2. The Balaban J connectivity index is 1.50. The Morgan fingerprint density at radius 1 is 1.04 bits per heavy atom. The zero-order valence-corrected chi connectivity index (χ0v) is 26.9. The van der Waals surface area contributed by atoms with Crippen LogP contribution in [0.25, 0.3) is 21.6 Å². The number of likely N-dealkylation sites (tertiary alicyclic amines) is 1. The number of pyridine rings is 1. The number of nitrogens with zero attached hydrogens (tertiary/aromatic N) is 2. The number of fused-ring (bicyclic) bond motifs is 3. The van der Waals surface area contributed by atoms with Gasteiger partial charge >= 0.3 is 5.97 Å². The minimum atomic E-state index is -0.713. The Bertz CT molecular complexity index is 1830. The van der Waals surface area contributed by atoms with E-state index in [4.69, 9.17) is 15.2 Å². The molecule has 2 aliphatic heterocycles. The van der Waals surface area contributed by atoms with Crippen molar-refractivity contribution < 1.29 is 23.9 Å². The van der Waals surface area contributed by atoms with Crippen molar-refractivity contribution in [2.24, 2.45) is 11.1 Å². The van der Waals surface area contributed by atoms with E-state index in [9.17, 15) is 14.4 Å². The van der Waals surface area contributed by atoms with Crippen LogP contribution in [0.1, 0.15) is 67.4 Å². The normalized spacial score (nSPS) is 14.8. The molecular weight excluding hydrogens is 588 g/mol. The third-order valence-electron chi connectivity index (χ3n) is 8.36. The molecule has 2 aromatic heterocycles. The summed E-state index contributed by atoms with van der Waals surface area (Å²) in [5.74, 6) is -0.733. The van der Waals surface area contributed by atoms with E-state index in [1.54, 1.807) is 34.4 Å². The lowest BCUT2D eigenvalue weighted by atomic mass is 9.84. The molecule has 0 spiro atoms. The molecule has 0 radical (unpaired) electrons. The smallest absolute Gasteiger partial charge is 0.357 e. The fourth-order valence-electron chi connectivity index (χ4n) is 6.22. The lowest BCUT2D eigenvalue weighted by Crippen LogP contribution is -2.55. The van der Waals surface area contributed by atoms with E-state index >= 15 is 0 Å². The molecule has 2 aliphatic rings. The van der Waals surface area contributed by atoms with Gasteiger partial charge in [0.05, 0.1) is 13.7 Å². The van der Waals surface area contributed by atoms with Crippen LogP contribution in [-0.2, 0) is 17.7 Å². The van der Waals surface area contributed by atoms with Gasteiger partial charge in [0.15, 0.2) is 5.69 Å². The second kappa shape index (κ2) is 11.8. The molecule has 6 rings (SSSR count). The second-order valence-corrected chi connectivity index (χ2v) is 13.4.